The van der Waals surface area contributed by atoms with Crippen molar-refractivity contribution in [1.29, 1.82) is 0 Å². The summed E-state index contributed by atoms with van der Waals surface area (Å²) in [4.78, 5) is 10.2. The van der Waals surface area contributed by atoms with E-state index in [4.69, 9.17) is 0 Å². The fourth-order valence-electron chi connectivity index (χ4n) is 2.64. The van der Waals surface area contributed by atoms with Crippen LogP contribution in [0.1, 0.15) is 110 Å². The van der Waals surface area contributed by atoms with E-state index in [9.17, 15) is 9.90 Å². The Bertz CT molecular complexity index is 207. The molecule has 0 amide bonds. The maximum Gasteiger partial charge on any atom is 3.00 e. The van der Waals surface area contributed by atoms with Crippen LogP contribution in [-0.2, 0) is 4.79 Å². The van der Waals surface area contributed by atoms with Gasteiger partial charge in [0.25, 0.3) is 0 Å². The summed E-state index contributed by atoms with van der Waals surface area (Å²) >= 11 is 0. The molecule has 0 unspecified atom stereocenters. The first kappa shape index (κ1) is 23.6. The van der Waals surface area contributed by atoms with Crippen molar-refractivity contribution in [3.63, 3.8) is 0 Å². The molecule has 0 aliphatic rings. The van der Waals surface area contributed by atoms with Gasteiger partial charge in [0.15, 0.2) is 0 Å². The molecule has 0 heterocycles. The molecule has 0 aliphatic carbocycles. The molecule has 0 rings (SSSR count). The maximum absolute atomic E-state index is 10.2. The van der Waals surface area contributed by atoms with Gasteiger partial charge in [-0.2, -0.15) is 0 Å². The smallest absolute Gasteiger partial charge is 0.550 e. The molecule has 21 heavy (non-hydrogen) atoms. The Morgan fingerprint density at radius 2 is 0.905 bits per heavy atom. The van der Waals surface area contributed by atoms with E-state index in [-0.39, 0.29) is 32.6 Å². The minimum absolute atomic E-state index is 0. The molecule has 0 N–H and O–H groups in total. The van der Waals surface area contributed by atoms with Gasteiger partial charge < -0.3 is 9.90 Å². The van der Waals surface area contributed by atoms with Crippen LogP contribution in [-0.4, -0.2) is 32.2 Å². The van der Waals surface area contributed by atoms with E-state index < -0.39 is 5.97 Å². The minimum atomic E-state index is -0.903. The van der Waals surface area contributed by atoms with Crippen LogP contribution in [0.2, 0.25) is 0 Å². The molecule has 0 fully saturated rings. The largest absolute Gasteiger partial charge is 3.00 e. The molecule has 0 saturated carbocycles. The van der Waals surface area contributed by atoms with Gasteiger partial charge in [0.2, 0.25) is 0 Å². The third kappa shape index (κ3) is 22.8. The molecule has 0 atom stereocenters. The quantitative estimate of drug-likeness (QED) is 0.233. The van der Waals surface area contributed by atoms with Crippen LogP contribution in [0.3, 0.4) is 0 Å². The van der Waals surface area contributed by atoms with Gasteiger partial charge in [-0.15, -0.1) is 0 Å². The summed E-state index contributed by atoms with van der Waals surface area (Å²) in [6, 6.07) is 0. The standard InChI is InChI=1S/C18H36O2.Bi/c1-2-3-4-5-6-7-8-9-10-11-12-13-14-15-16-17-18(19)20;/h2-17H2,1H3,(H,19,20);/q;+3/p-1. The van der Waals surface area contributed by atoms with Crippen molar-refractivity contribution < 1.29 is 9.90 Å². The van der Waals surface area contributed by atoms with Crippen LogP contribution < -0.4 is 5.11 Å². The average molecular weight is 492 g/mol. The molecule has 0 aliphatic heterocycles. The molecule has 2 radical (unpaired) electrons. The number of unbranched alkanes of at least 4 members (excludes halogenated alkanes) is 14. The summed E-state index contributed by atoms with van der Waals surface area (Å²) in [6.07, 6.45) is 19.9. The van der Waals surface area contributed by atoms with Crippen LogP contribution in [0.15, 0.2) is 0 Å². The van der Waals surface area contributed by atoms with Crippen LogP contribution in [0.25, 0.3) is 0 Å². The van der Waals surface area contributed by atoms with Crippen LogP contribution >= 0.6 is 0 Å². The van der Waals surface area contributed by atoms with E-state index in [1.54, 1.807) is 0 Å². The van der Waals surface area contributed by atoms with Crippen molar-refractivity contribution >= 4 is 32.2 Å². The Balaban J connectivity index is 0. The molecule has 0 aromatic carbocycles. The van der Waals surface area contributed by atoms with E-state index in [2.05, 4.69) is 6.92 Å². The first-order valence-corrected chi connectivity index (χ1v) is 8.97. The third-order valence-corrected chi connectivity index (χ3v) is 3.98. The van der Waals surface area contributed by atoms with Gasteiger partial charge in [0.05, 0.1) is 0 Å². The summed E-state index contributed by atoms with van der Waals surface area (Å²) in [5.41, 5.74) is 0. The normalized spacial score (nSPS) is 10.3. The molecule has 0 bridgehead atoms. The Kier molecular flexibility index (Phi) is 22.9. The molecule has 0 saturated heterocycles. The van der Waals surface area contributed by atoms with E-state index >= 15 is 0 Å². The van der Waals surface area contributed by atoms with E-state index in [1.165, 1.54) is 83.5 Å². The number of hydrogen-bond donors (Lipinski definition) is 0. The number of carbonyl (C=O) groups is 1. The van der Waals surface area contributed by atoms with Crippen molar-refractivity contribution in [2.45, 2.75) is 110 Å². The van der Waals surface area contributed by atoms with E-state index in [0.717, 1.165) is 12.8 Å². The zero-order valence-electron chi connectivity index (χ0n) is 14.1. The third-order valence-electron chi connectivity index (χ3n) is 3.98. The Hall–Kier alpha value is 0.353. The van der Waals surface area contributed by atoms with Crippen molar-refractivity contribution in [2.24, 2.45) is 0 Å². The minimum Gasteiger partial charge on any atom is -0.550 e. The molecule has 0 spiro atoms. The molecular weight excluding hydrogens is 457 g/mol. The van der Waals surface area contributed by atoms with Gasteiger partial charge in [0.1, 0.15) is 0 Å². The van der Waals surface area contributed by atoms with Gasteiger partial charge in [0, 0.05) is 5.97 Å². The number of carbonyl (C=O) groups excluding carboxylic acids is 1. The van der Waals surface area contributed by atoms with Gasteiger partial charge >= 0.3 is 26.2 Å². The van der Waals surface area contributed by atoms with Crippen molar-refractivity contribution in [3.05, 3.63) is 0 Å². The molecule has 3 heteroatoms. The van der Waals surface area contributed by atoms with Crippen molar-refractivity contribution in [1.82, 2.24) is 0 Å². The predicted octanol–water partition coefficient (Wildman–Crippen LogP) is 4.62. The SMILES string of the molecule is CCCCCCCCCCCCCCCCCC(=O)[O-].[Bi+3]. The Labute approximate surface area is 151 Å². The predicted molar refractivity (Wildman–Crippen MR) is 90.3 cm³/mol. The summed E-state index contributed by atoms with van der Waals surface area (Å²) in [7, 11) is 0. The first-order chi connectivity index (χ1) is 9.77. The van der Waals surface area contributed by atoms with Gasteiger partial charge in [-0.3, -0.25) is 0 Å². The number of aliphatic carboxylic acids is 1. The summed E-state index contributed by atoms with van der Waals surface area (Å²) in [5.74, 6) is -0.903. The van der Waals surface area contributed by atoms with Crippen LogP contribution in [0.5, 0.6) is 0 Å². The number of hydrogen-bond acceptors (Lipinski definition) is 2. The second-order valence-corrected chi connectivity index (χ2v) is 6.07. The maximum atomic E-state index is 10.2. The zero-order chi connectivity index (χ0) is 14.9. The van der Waals surface area contributed by atoms with Gasteiger partial charge in [-0.1, -0.05) is 96.8 Å². The molecule has 0 aromatic heterocycles. The molecule has 2 nitrogen and oxygen atoms in total. The summed E-state index contributed by atoms with van der Waals surface area (Å²) in [6.45, 7) is 2.27. The number of carboxylic acids is 1. The average Bonchev–Trinajstić information content (AvgIpc) is 2.43. The van der Waals surface area contributed by atoms with Crippen molar-refractivity contribution in [2.75, 3.05) is 0 Å². The molecule has 0 aromatic rings. The fourth-order valence-corrected chi connectivity index (χ4v) is 2.64. The summed E-state index contributed by atoms with van der Waals surface area (Å²) in [5, 5.41) is 10.2. The molecule has 122 valence electrons. The first-order valence-electron chi connectivity index (χ1n) is 8.97. The van der Waals surface area contributed by atoms with E-state index in [1.807, 2.05) is 0 Å². The second kappa shape index (κ2) is 20.4. The Morgan fingerprint density at radius 1 is 0.619 bits per heavy atom. The topological polar surface area (TPSA) is 40.1 Å². The van der Waals surface area contributed by atoms with Crippen molar-refractivity contribution in [3.8, 4) is 0 Å². The summed E-state index contributed by atoms with van der Waals surface area (Å²) < 4.78 is 0. The second-order valence-electron chi connectivity index (χ2n) is 6.07. The van der Waals surface area contributed by atoms with Gasteiger partial charge in [-0.05, 0) is 12.8 Å². The number of rotatable bonds is 16. The van der Waals surface area contributed by atoms with Crippen LogP contribution in [0.4, 0.5) is 0 Å². The molecular formula is C18H35BiO2+2. The zero-order valence-corrected chi connectivity index (χ0v) is 17.6. The fraction of sp³-hybridized carbons (Fsp3) is 0.944. The van der Waals surface area contributed by atoms with Crippen LogP contribution in [0, 0.1) is 0 Å². The monoisotopic (exact) mass is 492 g/mol. The Morgan fingerprint density at radius 3 is 1.19 bits per heavy atom. The number of carboxylic acid groups (broad SMARTS) is 1. The van der Waals surface area contributed by atoms with Gasteiger partial charge in [-0.25, -0.2) is 0 Å². The van der Waals surface area contributed by atoms with E-state index in [0.29, 0.717) is 0 Å².